The van der Waals surface area contributed by atoms with Gasteiger partial charge in [0.1, 0.15) is 13.2 Å². The molecule has 5 rings (SSSR count). The molecule has 1 fully saturated rings. The maximum Gasteiger partial charge on any atom is 0.417 e. The lowest BCUT2D eigenvalue weighted by Crippen LogP contribution is -2.18. The number of carbonyl (C=O) groups excluding carboxylic acids is 1. The van der Waals surface area contributed by atoms with E-state index < -0.39 is 5.76 Å². The van der Waals surface area contributed by atoms with Crippen molar-refractivity contribution in [3.05, 3.63) is 52.5 Å². The number of nitrogens with one attached hydrogen (secondary N) is 2. The maximum absolute atomic E-state index is 12.7. The van der Waals surface area contributed by atoms with E-state index in [-0.39, 0.29) is 11.8 Å². The molecule has 144 valence electrons. The Balaban J connectivity index is 1.33. The molecule has 7 heteroatoms. The van der Waals surface area contributed by atoms with Gasteiger partial charge in [-0.25, -0.2) is 4.79 Å². The second-order valence-electron chi connectivity index (χ2n) is 7.32. The van der Waals surface area contributed by atoms with Gasteiger partial charge in [0.2, 0.25) is 5.91 Å². The number of amides is 1. The standard InChI is InChI=1S/C21H20N2O5/c24-20(22-14-4-6-17-16(10-14)23-21(25)28-17)11-15(12-1-2-12)13-3-5-18-19(9-13)27-8-7-26-18/h3-6,9-10,12,15H,1-2,7-8,11H2,(H,22,24)(H,23,25). The molecule has 1 aliphatic heterocycles. The Hall–Kier alpha value is -3.22. The quantitative estimate of drug-likeness (QED) is 0.707. The first kappa shape index (κ1) is 16.9. The topological polar surface area (TPSA) is 93.6 Å². The van der Waals surface area contributed by atoms with Gasteiger partial charge in [-0.1, -0.05) is 6.07 Å². The molecule has 2 aromatic carbocycles. The summed E-state index contributed by atoms with van der Waals surface area (Å²) in [7, 11) is 0. The van der Waals surface area contributed by atoms with Crippen molar-refractivity contribution in [1.82, 2.24) is 4.98 Å². The molecule has 3 aromatic rings. The van der Waals surface area contributed by atoms with Gasteiger partial charge in [0.05, 0.1) is 5.52 Å². The van der Waals surface area contributed by atoms with E-state index in [1.54, 1.807) is 18.2 Å². The van der Waals surface area contributed by atoms with Crippen molar-refractivity contribution in [2.24, 2.45) is 5.92 Å². The highest BCUT2D eigenvalue weighted by Crippen LogP contribution is 2.46. The first-order chi connectivity index (χ1) is 13.7. The smallest absolute Gasteiger partial charge is 0.417 e. The fourth-order valence-electron chi connectivity index (χ4n) is 3.79. The van der Waals surface area contributed by atoms with Gasteiger partial charge in [-0.3, -0.25) is 9.78 Å². The molecule has 0 spiro atoms. The van der Waals surface area contributed by atoms with E-state index in [0.29, 0.717) is 42.3 Å². The van der Waals surface area contributed by atoms with Gasteiger partial charge in [0.25, 0.3) is 0 Å². The van der Waals surface area contributed by atoms with E-state index in [4.69, 9.17) is 13.9 Å². The molecule has 2 aliphatic rings. The Bertz CT molecular complexity index is 1100. The molecule has 28 heavy (non-hydrogen) atoms. The first-order valence-electron chi connectivity index (χ1n) is 9.48. The van der Waals surface area contributed by atoms with E-state index in [0.717, 1.165) is 29.9 Å². The summed E-state index contributed by atoms with van der Waals surface area (Å²) in [6.07, 6.45) is 2.66. The summed E-state index contributed by atoms with van der Waals surface area (Å²) in [4.78, 5) is 26.6. The molecule has 1 unspecified atom stereocenters. The molecule has 1 atom stereocenters. The minimum absolute atomic E-state index is 0.0584. The number of fused-ring (bicyclic) bond motifs is 2. The number of oxazole rings is 1. The van der Waals surface area contributed by atoms with Crippen LogP contribution in [-0.2, 0) is 4.79 Å². The Morgan fingerprint density at radius 1 is 1.11 bits per heavy atom. The van der Waals surface area contributed by atoms with Gasteiger partial charge in [0, 0.05) is 12.1 Å². The molecule has 1 amide bonds. The number of hydrogen-bond acceptors (Lipinski definition) is 5. The van der Waals surface area contributed by atoms with Gasteiger partial charge in [-0.05, 0) is 60.6 Å². The summed E-state index contributed by atoms with van der Waals surface area (Å²) >= 11 is 0. The van der Waals surface area contributed by atoms with Crippen LogP contribution in [0.15, 0.2) is 45.6 Å². The molecule has 1 aromatic heterocycles. The van der Waals surface area contributed by atoms with Crippen LogP contribution in [-0.4, -0.2) is 24.1 Å². The van der Waals surface area contributed by atoms with E-state index >= 15 is 0 Å². The predicted molar refractivity (Wildman–Crippen MR) is 103 cm³/mol. The minimum atomic E-state index is -0.508. The second-order valence-corrected chi connectivity index (χ2v) is 7.32. The van der Waals surface area contributed by atoms with Crippen LogP contribution in [0.25, 0.3) is 11.1 Å². The third-order valence-electron chi connectivity index (χ3n) is 5.29. The zero-order chi connectivity index (χ0) is 19.1. The Morgan fingerprint density at radius 2 is 1.93 bits per heavy atom. The third kappa shape index (κ3) is 3.35. The average Bonchev–Trinajstić information content (AvgIpc) is 3.46. The van der Waals surface area contributed by atoms with Crippen LogP contribution >= 0.6 is 0 Å². The van der Waals surface area contributed by atoms with Crippen LogP contribution in [0.4, 0.5) is 5.69 Å². The zero-order valence-electron chi connectivity index (χ0n) is 15.2. The summed E-state index contributed by atoms with van der Waals surface area (Å²) in [6, 6.07) is 11.1. The monoisotopic (exact) mass is 380 g/mol. The third-order valence-corrected chi connectivity index (χ3v) is 5.29. The number of benzene rings is 2. The van der Waals surface area contributed by atoms with Crippen LogP contribution in [0.3, 0.4) is 0 Å². The van der Waals surface area contributed by atoms with Crippen LogP contribution in [0, 0.1) is 5.92 Å². The number of ether oxygens (including phenoxy) is 2. The van der Waals surface area contributed by atoms with Crippen molar-refractivity contribution in [3.63, 3.8) is 0 Å². The lowest BCUT2D eigenvalue weighted by atomic mass is 9.90. The van der Waals surface area contributed by atoms with Crippen LogP contribution in [0.2, 0.25) is 0 Å². The van der Waals surface area contributed by atoms with Gasteiger partial charge in [-0.2, -0.15) is 0 Å². The number of H-pyrrole nitrogens is 1. The number of aromatic amines is 1. The van der Waals surface area contributed by atoms with E-state index in [2.05, 4.69) is 10.3 Å². The fraction of sp³-hybridized carbons (Fsp3) is 0.333. The number of hydrogen-bond donors (Lipinski definition) is 2. The fourth-order valence-corrected chi connectivity index (χ4v) is 3.79. The normalized spacial score (nSPS) is 16.7. The molecule has 7 nitrogen and oxygen atoms in total. The Labute approximate surface area is 160 Å². The molecular weight excluding hydrogens is 360 g/mol. The predicted octanol–water partition coefficient (Wildman–Crippen LogP) is 3.41. The number of aromatic nitrogens is 1. The van der Waals surface area contributed by atoms with Crippen LogP contribution in [0.1, 0.15) is 30.7 Å². The average molecular weight is 380 g/mol. The van der Waals surface area contributed by atoms with Crippen LogP contribution in [0.5, 0.6) is 11.5 Å². The highest BCUT2D eigenvalue weighted by molar-refractivity contribution is 5.93. The minimum Gasteiger partial charge on any atom is -0.486 e. The lowest BCUT2D eigenvalue weighted by Gasteiger charge is -2.22. The maximum atomic E-state index is 12.7. The van der Waals surface area contributed by atoms with E-state index in [9.17, 15) is 9.59 Å². The molecular formula is C21H20N2O5. The summed E-state index contributed by atoms with van der Waals surface area (Å²) in [6.45, 7) is 1.11. The number of rotatable bonds is 5. The summed E-state index contributed by atoms with van der Waals surface area (Å²) in [5.74, 6) is 1.61. The number of anilines is 1. The zero-order valence-corrected chi connectivity index (χ0v) is 15.2. The summed E-state index contributed by atoms with van der Waals surface area (Å²) < 4.78 is 16.3. The Morgan fingerprint density at radius 3 is 2.75 bits per heavy atom. The van der Waals surface area contributed by atoms with E-state index in [1.165, 1.54) is 0 Å². The lowest BCUT2D eigenvalue weighted by molar-refractivity contribution is -0.116. The summed E-state index contributed by atoms with van der Waals surface area (Å²) in [5, 5.41) is 2.93. The van der Waals surface area contributed by atoms with Crippen molar-refractivity contribution in [3.8, 4) is 11.5 Å². The van der Waals surface area contributed by atoms with Crippen molar-refractivity contribution >= 4 is 22.7 Å². The Kier molecular flexibility index (Phi) is 4.07. The van der Waals surface area contributed by atoms with Crippen molar-refractivity contribution in [1.29, 1.82) is 0 Å². The molecule has 0 saturated heterocycles. The highest BCUT2D eigenvalue weighted by Gasteiger charge is 2.34. The molecule has 2 N–H and O–H groups in total. The van der Waals surface area contributed by atoms with Crippen molar-refractivity contribution in [2.75, 3.05) is 18.5 Å². The highest BCUT2D eigenvalue weighted by atomic mass is 16.6. The van der Waals surface area contributed by atoms with Gasteiger partial charge in [0.15, 0.2) is 17.1 Å². The molecule has 0 radical (unpaired) electrons. The largest absolute Gasteiger partial charge is 0.486 e. The molecule has 0 bridgehead atoms. The second kappa shape index (κ2) is 6.74. The SMILES string of the molecule is O=C(CC(c1ccc2c(c1)OCCO2)C1CC1)Nc1ccc2oc(=O)[nH]c2c1. The van der Waals surface area contributed by atoms with Gasteiger partial charge >= 0.3 is 5.76 Å². The van der Waals surface area contributed by atoms with Crippen molar-refractivity contribution in [2.45, 2.75) is 25.2 Å². The van der Waals surface area contributed by atoms with E-state index in [1.807, 2.05) is 18.2 Å². The van der Waals surface area contributed by atoms with Gasteiger partial charge in [-0.15, -0.1) is 0 Å². The molecule has 1 aliphatic carbocycles. The number of carbonyl (C=O) groups is 1. The molecule has 2 heterocycles. The summed E-state index contributed by atoms with van der Waals surface area (Å²) in [5.41, 5.74) is 2.77. The van der Waals surface area contributed by atoms with Gasteiger partial charge < -0.3 is 19.2 Å². The van der Waals surface area contributed by atoms with Crippen LogP contribution < -0.4 is 20.5 Å². The van der Waals surface area contributed by atoms with Crippen molar-refractivity contribution < 1.29 is 18.7 Å². The first-order valence-corrected chi connectivity index (χ1v) is 9.48. The molecule has 1 saturated carbocycles.